The summed E-state index contributed by atoms with van der Waals surface area (Å²) in [7, 11) is 0.604. The summed E-state index contributed by atoms with van der Waals surface area (Å²) in [5, 5.41) is 1.10. The van der Waals surface area contributed by atoms with E-state index in [-0.39, 0.29) is 5.91 Å². The van der Waals surface area contributed by atoms with E-state index in [1.807, 2.05) is 31.2 Å². The van der Waals surface area contributed by atoms with Crippen LogP contribution in [0, 0.1) is 27.7 Å². The first kappa shape index (κ1) is 25.8. The smallest absolute Gasteiger partial charge is 0.259 e. The van der Waals surface area contributed by atoms with Gasteiger partial charge in [0.2, 0.25) is 0 Å². The maximum Gasteiger partial charge on any atom is 0.259 e. The maximum absolute atomic E-state index is 11.3. The van der Waals surface area contributed by atoms with E-state index in [1.165, 1.54) is 33.6 Å². The lowest BCUT2D eigenvalue weighted by Gasteiger charge is -2.01. The topological polar surface area (TPSA) is 43.1 Å². The molecule has 1 heterocycles. The molecule has 2 N–H and O–H groups in total. The van der Waals surface area contributed by atoms with Crippen molar-refractivity contribution in [1.29, 1.82) is 0 Å². The van der Waals surface area contributed by atoms with Crippen LogP contribution in [-0.2, 0) is 6.16 Å². The highest BCUT2D eigenvalue weighted by molar-refractivity contribution is 7.47. The molecule has 0 saturated carbocycles. The first-order valence-electron chi connectivity index (χ1n) is 10.1. The van der Waals surface area contributed by atoms with Gasteiger partial charge in [-0.1, -0.05) is 75.7 Å². The fourth-order valence-corrected chi connectivity index (χ4v) is 4.99. The monoisotopic (exact) mass is 439 g/mol. The molecule has 0 spiro atoms. The number of carbonyl (C=O) groups excluding carboxylic acids is 1. The van der Waals surface area contributed by atoms with Crippen LogP contribution in [0.1, 0.15) is 50.1 Å². The molecule has 0 bridgehead atoms. The lowest BCUT2D eigenvalue weighted by molar-refractivity contribution is 0.100. The molecule has 0 aliphatic carbocycles. The number of hydrogen-bond donors (Lipinski definition) is 1. The van der Waals surface area contributed by atoms with Gasteiger partial charge in [0.1, 0.15) is 0 Å². The van der Waals surface area contributed by atoms with Crippen LogP contribution in [0.25, 0.3) is 0 Å². The number of rotatable bonds is 5. The molecule has 0 aliphatic rings. The van der Waals surface area contributed by atoms with Crippen LogP contribution in [0.15, 0.2) is 67.3 Å². The van der Waals surface area contributed by atoms with E-state index >= 15 is 0 Å². The summed E-state index contributed by atoms with van der Waals surface area (Å²) < 4.78 is 0. The molecular formula is C26H34NOPS. The molecule has 3 rings (SSSR count). The highest BCUT2D eigenvalue weighted by Crippen LogP contribution is 2.25. The molecule has 1 unspecified atom stereocenters. The molecule has 0 saturated heterocycles. The molecule has 0 radical (unpaired) electrons. The van der Waals surface area contributed by atoms with Gasteiger partial charge in [0.05, 0.1) is 4.88 Å². The van der Waals surface area contributed by atoms with Gasteiger partial charge in [-0.15, -0.1) is 17.9 Å². The molecule has 2 aromatic carbocycles. The third-order valence-corrected chi connectivity index (χ3v) is 6.96. The lowest BCUT2D eigenvalue weighted by Crippen LogP contribution is -2.15. The standard InChI is InChI=1S/C13H14NOPS.C9H12.C4H8/c1-9-7-11(12(17-9)13(14)15)16-8-10-5-3-2-4-6-10;1-7-4-5-8(2)9(3)6-7;1-3-4-2/h2-7,16H,8H2,1H3,(H2,14,15);4-6H,1-3H3;3H,1,4H2,2H3. The van der Waals surface area contributed by atoms with Gasteiger partial charge in [0.15, 0.2) is 0 Å². The predicted molar refractivity (Wildman–Crippen MR) is 137 cm³/mol. The highest BCUT2D eigenvalue weighted by Gasteiger charge is 2.11. The molecule has 1 aromatic heterocycles. The minimum atomic E-state index is -0.307. The van der Waals surface area contributed by atoms with Crippen molar-refractivity contribution in [1.82, 2.24) is 0 Å². The Kier molecular flexibility index (Phi) is 12.0. The number of nitrogens with two attached hydrogens (primary N) is 1. The van der Waals surface area contributed by atoms with Crippen LogP contribution < -0.4 is 11.0 Å². The Morgan fingerprint density at radius 3 is 2.17 bits per heavy atom. The van der Waals surface area contributed by atoms with Gasteiger partial charge < -0.3 is 5.73 Å². The van der Waals surface area contributed by atoms with Crippen LogP contribution in [0.3, 0.4) is 0 Å². The minimum Gasteiger partial charge on any atom is -0.365 e. The van der Waals surface area contributed by atoms with E-state index in [0.717, 1.165) is 27.6 Å². The lowest BCUT2D eigenvalue weighted by atomic mass is 10.1. The number of amides is 1. The molecule has 160 valence electrons. The normalized spacial score (nSPS) is 10.0. The number of carbonyl (C=O) groups is 1. The summed E-state index contributed by atoms with van der Waals surface area (Å²) >= 11 is 1.49. The van der Waals surface area contributed by atoms with Gasteiger partial charge in [0, 0.05) is 4.88 Å². The van der Waals surface area contributed by atoms with E-state index in [4.69, 9.17) is 5.73 Å². The Labute approximate surface area is 188 Å². The average Bonchev–Trinajstić information content (AvgIpc) is 3.12. The van der Waals surface area contributed by atoms with Gasteiger partial charge in [-0.05, 0) is 68.3 Å². The first-order valence-corrected chi connectivity index (χ1v) is 12.1. The van der Waals surface area contributed by atoms with Crippen molar-refractivity contribution < 1.29 is 4.79 Å². The fraction of sp³-hybridized carbons (Fsp3) is 0.269. The second kappa shape index (κ2) is 13.9. The van der Waals surface area contributed by atoms with Gasteiger partial charge in [-0.2, -0.15) is 0 Å². The highest BCUT2D eigenvalue weighted by atomic mass is 32.1. The Hall–Kier alpha value is -2.22. The largest absolute Gasteiger partial charge is 0.365 e. The third kappa shape index (κ3) is 9.52. The van der Waals surface area contributed by atoms with E-state index in [2.05, 4.69) is 70.7 Å². The van der Waals surface area contributed by atoms with Crippen molar-refractivity contribution in [2.75, 3.05) is 0 Å². The van der Waals surface area contributed by atoms with Crippen molar-refractivity contribution >= 4 is 31.1 Å². The fourth-order valence-electron chi connectivity index (χ4n) is 2.51. The number of thiophene rings is 1. The summed E-state index contributed by atoms with van der Waals surface area (Å²) in [6, 6.07) is 18.9. The zero-order valence-corrected chi connectivity index (χ0v) is 20.6. The van der Waals surface area contributed by atoms with E-state index in [0.29, 0.717) is 8.58 Å². The summed E-state index contributed by atoms with van der Waals surface area (Å²) in [5.74, 6) is -0.307. The number of allylic oxidation sites excluding steroid dienone is 1. The maximum atomic E-state index is 11.3. The summed E-state index contributed by atoms with van der Waals surface area (Å²) in [6.45, 7) is 13.9. The van der Waals surface area contributed by atoms with Crippen molar-refractivity contribution in [3.05, 3.63) is 99.3 Å². The van der Waals surface area contributed by atoms with Gasteiger partial charge >= 0.3 is 0 Å². The van der Waals surface area contributed by atoms with E-state index in [9.17, 15) is 4.79 Å². The van der Waals surface area contributed by atoms with Gasteiger partial charge in [-0.3, -0.25) is 4.79 Å². The minimum absolute atomic E-state index is 0.307. The third-order valence-electron chi connectivity index (χ3n) is 4.36. The molecule has 3 aromatic rings. The van der Waals surface area contributed by atoms with Crippen molar-refractivity contribution in [2.45, 2.75) is 47.2 Å². The Morgan fingerprint density at radius 2 is 1.67 bits per heavy atom. The Morgan fingerprint density at radius 1 is 1.03 bits per heavy atom. The predicted octanol–water partition coefficient (Wildman–Crippen LogP) is 6.85. The summed E-state index contributed by atoms with van der Waals surface area (Å²) in [5.41, 5.74) is 10.8. The molecule has 0 aliphatic heterocycles. The number of aryl methyl sites for hydroxylation is 4. The number of hydrogen-bond acceptors (Lipinski definition) is 2. The van der Waals surface area contributed by atoms with E-state index < -0.39 is 0 Å². The summed E-state index contributed by atoms with van der Waals surface area (Å²) in [6.07, 6.45) is 3.93. The SMILES string of the molecule is C=CCC.Cc1cc(PCc2ccccc2)c(C(N)=O)s1.Cc1ccc(C)c(C)c1. The Balaban J connectivity index is 0.000000289. The van der Waals surface area contributed by atoms with Crippen molar-refractivity contribution in [3.63, 3.8) is 0 Å². The van der Waals surface area contributed by atoms with Gasteiger partial charge in [0.25, 0.3) is 5.91 Å². The average molecular weight is 440 g/mol. The molecular weight excluding hydrogens is 405 g/mol. The zero-order chi connectivity index (χ0) is 22.5. The molecule has 2 nitrogen and oxygen atoms in total. The van der Waals surface area contributed by atoms with Crippen LogP contribution in [0.4, 0.5) is 0 Å². The van der Waals surface area contributed by atoms with Gasteiger partial charge in [-0.25, -0.2) is 0 Å². The van der Waals surface area contributed by atoms with E-state index in [1.54, 1.807) is 0 Å². The number of primary amides is 1. The zero-order valence-electron chi connectivity index (χ0n) is 18.8. The van der Waals surface area contributed by atoms with Crippen LogP contribution in [0.5, 0.6) is 0 Å². The molecule has 4 heteroatoms. The van der Waals surface area contributed by atoms with Crippen molar-refractivity contribution in [2.24, 2.45) is 5.73 Å². The molecule has 1 atom stereocenters. The Bertz CT molecular complexity index is 931. The molecule has 1 amide bonds. The van der Waals surface area contributed by atoms with Crippen LogP contribution in [0.2, 0.25) is 0 Å². The first-order chi connectivity index (χ1) is 14.3. The second-order valence-corrected chi connectivity index (χ2v) is 9.59. The molecule has 0 fully saturated rings. The quantitative estimate of drug-likeness (QED) is 0.343. The molecule has 30 heavy (non-hydrogen) atoms. The van der Waals surface area contributed by atoms with Crippen LogP contribution in [-0.4, -0.2) is 5.91 Å². The van der Waals surface area contributed by atoms with Crippen molar-refractivity contribution in [3.8, 4) is 0 Å². The number of benzene rings is 2. The second-order valence-electron chi connectivity index (χ2n) is 7.09. The van der Waals surface area contributed by atoms with Crippen LogP contribution >= 0.6 is 19.9 Å². The summed E-state index contributed by atoms with van der Waals surface area (Å²) in [4.78, 5) is 13.2.